The third-order valence-electron chi connectivity index (χ3n) is 3.25. The van der Waals surface area contributed by atoms with Crippen molar-refractivity contribution in [3.63, 3.8) is 0 Å². The SMILES string of the molecule is COc1ccc(OCC(=O)NC(=S)NNC(=O)COc2ccc(Br)cc2Br)cc1. The number of carbonyl (C=O) groups is 2. The number of rotatable bonds is 7. The predicted octanol–water partition coefficient (Wildman–Crippen LogP) is 2.70. The van der Waals surface area contributed by atoms with Gasteiger partial charge in [0.2, 0.25) is 0 Å². The van der Waals surface area contributed by atoms with Gasteiger partial charge in [-0.05, 0) is 70.6 Å². The quantitative estimate of drug-likeness (QED) is 0.363. The molecular formula is C18H17Br2N3O5S. The third-order valence-corrected chi connectivity index (χ3v) is 4.57. The molecule has 0 aliphatic carbocycles. The lowest BCUT2D eigenvalue weighted by atomic mass is 10.3. The van der Waals surface area contributed by atoms with Crippen LogP contribution in [0, 0.1) is 0 Å². The fourth-order valence-electron chi connectivity index (χ4n) is 1.91. The van der Waals surface area contributed by atoms with E-state index in [1.54, 1.807) is 49.6 Å². The van der Waals surface area contributed by atoms with Crippen molar-refractivity contribution in [1.82, 2.24) is 16.2 Å². The zero-order valence-electron chi connectivity index (χ0n) is 15.2. The lowest BCUT2D eigenvalue weighted by Crippen LogP contribution is -2.50. The van der Waals surface area contributed by atoms with Crippen LogP contribution >= 0.6 is 44.1 Å². The number of hydrogen-bond acceptors (Lipinski definition) is 6. The highest BCUT2D eigenvalue weighted by Gasteiger charge is 2.09. The van der Waals surface area contributed by atoms with Crippen LogP contribution in [0.25, 0.3) is 0 Å². The van der Waals surface area contributed by atoms with Gasteiger partial charge in [-0.2, -0.15) is 0 Å². The number of halogens is 2. The van der Waals surface area contributed by atoms with Crippen LogP contribution in [0.1, 0.15) is 0 Å². The number of thiocarbonyl (C=S) groups is 1. The molecule has 2 rings (SSSR count). The van der Waals surface area contributed by atoms with E-state index in [1.807, 2.05) is 0 Å². The maximum Gasteiger partial charge on any atom is 0.276 e. The number of hydrogen-bond donors (Lipinski definition) is 3. The zero-order valence-corrected chi connectivity index (χ0v) is 19.1. The van der Waals surface area contributed by atoms with Gasteiger partial charge in [0.1, 0.15) is 17.2 Å². The Morgan fingerprint density at radius 2 is 1.59 bits per heavy atom. The van der Waals surface area contributed by atoms with Crippen molar-refractivity contribution >= 4 is 61.0 Å². The number of methoxy groups -OCH3 is 1. The van der Waals surface area contributed by atoms with Crippen molar-refractivity contribution in [1.29, 1.82) is 0 Å². The Kier molecular flexibility index (Phi) is 9.16. The average molecular weight is 547 g/mol. The molecule has 2 amide bonds. The zero-order chi connectivity index (χ0) is 21.2. The second kappa shape index (κ2) is 11.6. The predicted molar refractivity (Wildman–Crippen MR) is 118 cm³/mol. The minimum atomic E-state index is -0.484. The van der Waals surface area contributed by atoms with E-state index in [9.17, 15) is 9.59 Å². The van der Waals surface area contributed by atoms with Crippen LogP contribution in [0.5, 0.6) is 17.2 Å². The number of carbonyl (C=O) groups excluding carboxylic acids is 2. The van der Waals surface area contributed by atoms with Gasteiger partial charge in [-0.3, -0.25) is 25.8 Å². The van der Waals surface area contributed by atoms with E-state index >= 15 is 0 Å². The summed E-state index contributed by atoms with van der Waals surface area (Å²) in [5, 5.41) is 2.30. The number of amides is 2. The van der Waals surface area contributed by atoms with Crippen LogP contribution in [0.15, 0.2) is 51.4 Å². The van der Waals surface area contributed by atoms with Crippen LogP contribution in [0.4, 0.5) is 0 Å². The molecule has 0 fully saturated rings. The van der Waals surface area contributed by atoms with Crippen molar-refractivity contribution in [2.24, 2.45) is 0 Å². The molecule has 0 aliphatic rings. The molecule has 0 spiro atoms. The summed E-state index contributed by atoms with van der Waals surface area (Å²) in [6.45, 7) is -0.493. The monoisotopic (exact) mass is 545 g/mol. The Morgan fingerprint density at radius 1 is 0.931 bits per heavy atom. The van der Waals surface area contributed by atoms with Gasteiger partial charge in [0.15, 0.2) is 18.3 Å². The Morgan fingerprint density at radius 3 is 2.24 bits per heavy atom. The summed E-state index contributed by atoms with van der Waals surface area (Å²) in [5.74, 6) is 0.729. The molecule has 0 bridgehead atoms. The molecule has 0 aliphatic heterocycles. The van der Waals surface area contributed by atoms with Gasteiger partial charge in [0.05, 0.1) is 11.6 Å². The summed E-state index contributed by atoms with van der Waals surface area (Å²) in [4.78, 5) is 23.7. The topological polar surface area (TPSA) is 97.9 Å². The van der Waals surface area contributed by atoms with Crippen molar-refractivity contribution < 1.29 is 23.8 Å². The van der Waals surface area contributed by atoms with E-state index in [0.29, 0.717) is 21.7 Å². The van der Waals surface area contributed by atoms with E-state index in [0.717, 1.165) is 4.47 Å². The Labute approximate surface area is 189 Å². The minimum Gasteiger partial charge on any atom is -0.497 e. The largest absolute Gasteiger partial charge is 0.497 e. The van der Waals surface area contributed by atoms with Gasteiger partial charge < -0.3 is 14.2 Å². The molecule has 0 saturated heterocycles. The molecule has 0 atom stereocenters. The van der Waals surface area contributed by atoms with Crippen LogP contribution in [-0.4, -0.2) is 37.3 Å². The molecule has 0 unspecified atom stereocenters. The summed E-state index contributed by atoms with van der Waals surface area (Å²) >= 11 is 11.6. The van der Waals surface area contributed by atoms with Crippen molar-refractivity contribution in [3.05, 3.63) is 51.4 Å². The van der Waals surface area contributed by atoms with E-state index < -0.39 is 11.8 Å². The van der Waals surface area contributed by atoms with Crippen molar-refractivity contribution in [3.8, 4) is 17.2 Å². The highest BCUT2D eigenvalue weighted by molar-refractivity contribution is 9.11. The third kappa shape index (κ3) is 8.26. The molecule has 2 aromatic carbocycles. The summed E-state index contributed by atoms with van der Waals surface area (Å²) in [7, 11) is 1.56. The van der Waals surface area contributed by atoms with Crippen LogP contribution in [-0.2, 0) is 9.59 Å². The van der Waals surface area contributed by atoms with Gasteiger partial charge in [0.25, 0.3) is 11.8 Å². The maximum atomic E-state index is 11.8. The summed E-state index contributed by atoms with van der Waals surface area (Å²) in [6, 6.07) is 12.1. The standard InChI is InChI=1S/C18H17Br2N3O5S/c1-26-12-3-5-13(6-4-12)27-9-16(24)21-18(29)23-22-17(25)10-28-15-7-2-11(19)8-14(15)20/h2-8H,9-10H2,1H3,(H,22,25)(H2,21,23,24,29). The van der Waals surface area contributed by atoms with Gasteiger partial charge >= 0.3 is 0 Å². The Bertz CT molecular complexity index is 880. The van der Waals surface area contributed by atoms with E-state index in [1.165, 1.54) is 0 Å². The summed E-state index contributed by atoms with van der Waals surface area (Å²) in [6.07, 6.45) is 0. The molecule has 0 aromatic heterocycles. The van der Waals surface area contributed by atoms with E-state index in [4.69, 9.17) is 26.4 Å². The summed E-state index contributed by atoms with van der Waals surface area (Å²) < 4.78 is 17.3. The first kappa shape index (κ1) is 22.9. The Hall–Kier alpha value is -2.37. The number of hydrazine groups is 1. The molecule has 154 valence electrons. The molecule has 3 N–H and O–H groups in total. The molecule has 2 aromatic rings. The first-order valence-corrected chi connectivity index (χ1v) is 10.1. The van der Waals surface area contributed by atoms with Crippen LogP contribution in [0.2, 0.25) is 0 Å². The van der Waals surface area contributed by atoms with Gasteiger partial charge in [-0.25, -0.2) is 0 Å². The second-order valence-corrected chi connectivity index (χ2v) is 7.56. The van der Waals surface area contributed by atoms with E-state index in [-0.39, 0.29) is 18.3 Å². The molecular weight excluding hydrogens is 530 g/mol. The molecule has 0 heterocycles. The summed E-state index contributed by atoms with van der Waals surface area (Å²) in [5.41, 5.74) is 4.74. The molecule has 0 radical (unpaired) electrons. The first-order valence-electron chi connectivity index (χ1n) is 8.10. The fraction of sp³-hybridized carbons (Fsp3) is 0.167. The first-order chi connectivity index (χ1) is 13.9. The number of ether oxygens (including phenoxy) is 3. The fourth-order valence-corrected chi connectivity index (χ4v) is 3.24. The highest BCUT2D eigenvalue weighted by Crippen LogP contribution is 2.28. The normalized spacial score (nSPS) is 9.90. The molecule has 29 heavy (non-hydrogen) atoms. The minimum absolute atomic E-state index is 0.0773. The Balaban J connectivity index is 1.66. The second-order valence-electron chi connectivity index (χ2n) is 5.38. The molecule has 8 nitrogen and oxygen atoms in total. The van der Waals surface area contributed by atoms with Crippen LogP contribution in [0.3, 0.4) is 0 Å². The van der Waals surface area contributed by atoms with Gasteiger partial charge in [-0.1, -0.05) is 15.9 Å². The maximum absolute atomic E-state index is 11.8. The average Bonchev–Trinajstić information content (AvgIpc) is 2.70. The van der Waals surface area contributed by atoms with Crippen LogP contribution < -0.4 is 30.4 Å². The molecule has 11 heteroatoms. The van der Waals surface area contributed by atoms with Gasteiger partial charge in [-0.15, -0.1) is 0 Å². The van der Waals surface area contributed by atoms with Crippen molar-refractivity contribution in [2.45, 2.75) is 0 Å². The van der Waals surface area contributed by atoms with Gasteiger partial charge in [0, 0.05) is 4.47 Å². The van der Waals surface area contributed by atoms with E-state index in [2.05, 4.69) is 48.0 Å². The number of benzene rings is 2. The number of nitrogens with one attached hydrogen (secondary N) is 3. The smallest absolute Gasteiger partial charge is 0.276 e. The van der Waals surface area contributed by atoms with Crippen molar-refractivity contribution in [2.75, 3.05) is 20.3 Å². The lowest BCUT2D eigenvalue weighted by Gasteiger charge is -2.12. The highest BCUT2D eigenvalue weighted by atomic mass is 79.9. The molecule has 0 saturated carbocycles. The lowest BCUT2D eigenvalue weighted by molar-refractivity contribution is -0.124.